The van der Waals surface area contributed by atoms with Crippen molar-refractivity contribution in [2.24, 2.45) is 5.73 Å². The number of alkyl halides is 3. The van der Waals surface area contributed by atoms with Gasteiger partial charge in [0.15, 0.2) is 0 Å². The quantitative estimate of drug-likeness (QED) is 0.612. The Balaban J connectivity index is 1.39. The minimum Gasteiger partial charge on any atom is -0.365 e. The summed E-state index contributed by atoms with van der Waals surface area (Å²) in [6, 6.07) is 4.09. The van der Waals surface area contributed by atoms with Gasteiger partial charge in [-0.2, -0.15) is 17.5 Å². The van der Waals surface area contributed by atoms with Crippen LogP contribution in [0.2, 0.25) is 0 Å². The second kappa shape index (κ2) is 9.29. The number of carbonyl (C=O) groups is 2. The van der Waals surface area contributed by atoms with E-state index in [2.05, 4.69) is 5.32 Å². The fourth-order valence-electron chi connectivity index (χ4n) is 4.32. The lowest BCUT2D eigenvalue weighted by molar-refractivity contribution is -0.140. The van der Waals surface area contributed by atoms with Crippen molar-refractivity contribution in [3.63, 3.8) is 0 Å². The fraction of sp³-hybridized carbons (Fsp3) is 0.429. The average Bonchev–Trinajstić information content (AvgIpc) is 3.34. The molecular formula is C21H23F3N4O4S2. The molecule has 2 aliphatic rings. The zero-order valence-electron chi connectivity index (χ0n) is 18.0. The first-order valence-electron chi connectivity index (χ1n) is 10.6. The number of sulfonamides is 1. The van der Waals surface area contributed by atoms with Crippen LogP contribution in [0.5, 0.6) is 0 Å². The third kappa shape index (κ3) is 4.83. The van der Waals surface area contributed by atoms with Crippen LogP contribution in [0.3, 0.4) is 0 Å². The van der Waals surface area contributed by atoms with Crippen molar-refractivity contribution in [3.05, 3.63) is 45.8 Å². The maximum absolute atomic E-state index is 13.3. The predicted molar refractivity (Wildman–Crippen MR) is 120 cm³/mol. The Morgan fingerprint density at radius 2 is 1.76 bits per heavy atom. The number of benzene rings is 1. The Hall–Kier alpha value is -2.48. The lowest BCUT2D eigenvalue weighted by atomic mass is 10.1. The highest BCUT2D eigenvalue weighted by Gasteiger charge is 2.39. The molecule has 184 valence electrons. The molecule has 0 unspecified atom stereocenters. The summed E-state index contributed by atoms with van der Waals surface area (Å²) in [6.07, 6.45) is -2.27. The van der Waals surface area contributed by atoms with Crippen LogP contribution in [-0.4, -0.2) is 62.2 Å². The Labute approximate surface area is 198 Å². The summed E-state index contributed by atoms with van der Waals surface area (Å²) in [5.41, 5.74) is 5.55. The van der Waals surface area contributed by atoms with Gasteiger partial charge in [0.2, 0.25) is 15.9 Å². The van der Waals surface area contributed by atoms with Crippen LogP contribution in [-0.2, 0) is 33.8 Å². The molecule has 8 nitrogen and oxygen atoms in total. The second-order valence-electron chi connectivity index (χ2n) is 8.15. The highest BCUT2D eigenvalue weighted by Crippen LogP contribution is 2.39. The largest absolute Gasteiger partial charge is 0.417 e. The molecule has 0 bridgehead atoms. The summed E-state index contributed by atoms with van der Waals surface area (Å²) in [7, 11) is -4.35. The first-order valence-corrected chi connectivity index (χ1v) is 12.9. The number of nitrogens with one attached hydrogen (secondary N) is 1. The molecule has 0 radical (unpaired) electrons. The first kappa shape index (κ1) is 24.6. The first-order chi connectivity index (χ1) is 16.0. The van der Waals surface area contributed by atoms with Gasteiger partial charge in [0, 0.05) is 31.1 Å². The normalized spacial score (nSPS) is 17.5. The van der Waals surface area contributed by atoms with Gasteiger partial charge in [-0.15, -0.1) is 11.3 Å². The van der Waals surface area contributed by atoms with Crippen molar-refractivity contribution >= 4 is 38.2 Å². The van der Waals surface area contributed by atoms with Crippen LogP contribution in [0.4, 0.5) is 18.2 Å². The molecule has 1 aromatic carbocycles. The Kier molecular flexibility index (Phi) is 6.73. The molecule has 0 atom stereocenters. The van der Waals surface area contributed by atoms with Crippen LogP contribution >= 0.6 is 11.3 Å². The lowest BCUT2D eigenvalue weighted by Crippen LogP contribution is -2.50. The van der Waals surface area contributed by atoms with E-state index in [9.17, 15) is 31.2 Å². The molecule has 0 spiro atoms. The number of amides is 2. The molecule has 2 aromatic rings. The van der Waals surface area contributed by atoms with Crippen LogP contribution in [0.15, 0.2) is 29.2 Å². The Bertz CT molecular complexity index is 1220. The highest BCUT2D eigenvalue weighted by atomic mass is 32.2. The van der Waals surface area contributed by atoms with Gasteiger partial charge in [-0.3, -0.25) is 14.5 Å². The number of primary amides is 1. The van der Waals surface area contributed by atoms with Crippen LogP contribution in [0.25, 0.3) is 0 Å². The van der Waals surface area contributed by atoms with E-state index < -0.39 is 32.6 Å². The standard InChI is InChI=1S/C21H23F3N4O4S2/c22-21(23,24)14-5-1-2-7-16(14)34(31,32)28-10-8-27(9-11-28)12-17(29)26-20-18(19(25)30)13-4-3-6-15(13)33-20/h1-2,5,7H,3-4,6,8-12H2,(H2,25,30)(H,26,29). The van der Waals surface area contributed by atoms with E-state index in [4.69, 9.17) is 5.73 Å². The molecule has 0 saturated carbocycles. The molecule has 3 N–H and O–H groups in total. The summed E-state index contributed by atoms with van der Waals surface area (Å²) in [5, 5.41) is 3.16. The number of carbonyl (C=O) groups excluding carboxylic acids is 2. The summed E-state index contributed by atoms with van der Waals surface area (Å²) >= 11 is 1.34. The van der Waals surface area contributed by atoms with E-state index in [1.54, 1.807) is 4.90 Å². The summed E-state index contributed by atoms with van der Waals surface area (Å²) < 4.78 is 66.7. The van der Waals surface area contributed by atoms with Gasteiger partial charge in [0.05, 0.1) is 22.6 Å². The summed E-state index contributed by atoms with van der Waals surface area (Å²) in [4.78, 5) is 26.4. The SMILES string of the molecule is NC(=O)c1c(NC(=O)CN2CCN(S(=O)(=O)c3ccccc3C(F)(F)F)CC2)sc2c1CCC2. The van der Waals surface area contributed by atoms with E-state index in [1.165, 1.54) is 17.4 Å². The van der Waals surface area contributed by atoms with Crippen molar-refractivity contribution < 1.29 is 31.2 Å². The molecule has 13 heteroatoms. The number of rotatable bonds is 6. The zero-order chi connectivity index (χ0) is 24.7. The Morgan fingerprint density at radius 3 is 2.41 bits per heavy atom. The molecule has 1 aromatic heterocycles. The van der Waals surface area contributed by atoms with Crippen molar-refractivity contribution in [1.82, 2.24) is 9.21 Å². The van der Waals surface area contributed by atoms with Crippen molar-refractivity contribution in [1.29, 1.82) is 0 Å². The highest BCUT2D eigenvalue weighted by molar-refractivity contribution is 7.89. The minimum atomic E-state index is -4.80. The van der Waals surface area contributed by atoms with E-state index in [-0.39, 0.29) is 38.6 Å². The molecule has 1 aliphatic carbocycles. The van der Waals surface area contributed by atoms with Gasteiger partial charge < -0.3 is 11.1 Å². The van der Waals surface area contributed by atoms with E-state index in [0.29, 0.717) is 10.6 Å². The number of hydrogen-bond donors (Lipinski definition) is 2. The third-order valence-electron chi connectivity index (χ3n) is 5.93. The average molecular weight is 517 g/mol. The monoisotopic (exact) mass is 516 g/mol. The van der Waals surface area contributed by atoms with E-state index in [1.807, 2.05) is 0 Å². The zero-order valence-corrected chi connectivity index (χ0v) is 19.7. The number of piperazine rings is 1. The molecule has 34 heavy (non-hydrogen) atoms. The summed E-state index contributed by atoms with van der Waals surface area (Å²) in [6.45, 7) is 0.186. The lowest BCUT2D eigenvalue weighted by Gasteiger charge is -2.33. The number of nitrogens with zero attached hydrogens (tertiary/aromatic N) is 2. The van der Waals surface area contributed by atoms with Crippen LogP contribution in [0.1, 0.15) is 32.8 Å². The van der Waals surface area contributed by atoms with Crippen molar-refractivity contribution in [2.75, 3.05) is 38.0 Å². The maximum Gasteiger partial charge on any atom is 0.417 e. The Morgan fingerprint density at radius 1 is 1.09 bits per heavy atom. The number of aryl methyl sites for hydroxylation is 1. The minimum absolute atomic E-state index is 0.0478. The number of fused-ring (bicyclic) bond motifs is 1. The van der Waals surface area contributed by atoms with Crippen molar-refractivity contribution in [3.8, 4) is 0 Å². The molecular weight excluding hydrogens is 493 g/mol. The van der Waals surface area contributed by atoms with Gasteiger partial charge in [-0.25, -0.2) is 8.42 Å². The smallest absolute Gasteiger partial charge is 0.365 e. The molecule has 1 fully saturated rings. The van der Waals surface area contributed by atoms with Crippen LogP contribution < -0.4 is 11.1 Å². The van der Waals surface area contributed by atoms with Gasteiger partial charge in [0.1, 0.15) is 5.00 Å². The third-order valence-corrected chi connectivity index (χ3v) is 9.09. The van der Waals surface area contributed by atoms with Gasteiger partial charge >= 0.3 is 6.18 Å². The molecule has 1 aliphatic heterocycles. The summed E-state index contributed by atoms with van der Waals surface area (Å²) in [5.74, 6) is -0.964. The number of anilines is 1. The van der Waals surface area contributed by atoms with E-state index >= 15 is 0 Å². The maximum atomic E-state index is 13.3. The topological polar surface area (TPSA) is 113 Å². The van der Waals surface area contributed by atoms with Gasteiger partial charge in [-0.05, 0) is 37.0 Å². The van der Waals surface area contributed by atoms with Gasteiger partial charge in [-0.1, -0.05) is 12.1 Å². The fourth-order valence-corrected chi connectivity index (χ4v) is 7.26. The number of thiophene rings is 1. The predicted octanol–water partition coefficient (Wildman–Crippen LogP) is 2.30. The van der Waals surface area contributed by atoms with Gasteiger partial charge in [0.25, 0.3) is 5.91 Å². The molecule has 1 saturated heterocycles. The molecule has 4 rings (SSSR count). The number of hydrogen-bond acceptors (Lipinski definition) is 6. The van der Waals surface area contributed by atoms with Crippen LogP contribution in [0, 0.1) is 0 Å². The molecule has 2 amide bonds. The number of nitrogens with two attached hydrogens (primary N) is 1. The van der Waals surface area contributed by atoms with Crippen molar-refractivity contribution in [2.45, 2.75) is 30.3 Å². The van der Waals surface area contributed by atoms with E-state index in [0.717, 1.165) is 52.2 Å². The number of halogens is 3. The second-order valence-corrected chi connectivity index (χ2v) is 11.2. The molecule has 2 heterocycles.